The van der Waals surface area contributed by atoms with Crippen molar-refractivity contribution in [1.29, 1.82) is 0 Å². The number of carboxylic acids is 1. The first kappa shape index (κ1) is 8.86. The molecule has 0 aliphatic heterocycles. The number of hydrogen-bond donors (Lipinski definition) is 3. The zero-order valence-corrected chi connectivity index (χ0v) is 7.50. The fourth-order valence-corrected chi connectivity index (χ4v) is 1.26. The number of benzene rings is 1. The van der Waals surface area contributed by atoms with E-state index in [1.54, 1.807) is 0 Å². The van der Waals surface area contributed by atoms with Crippen molar-refractivity contribution in [2.24, 2.45) is 0 Å². The first-order valence-electron chi connectivity index (χ1n) is 3.03. The average molecular weight is 232 g/mol. The highest BCUT2D eigenvalue weighted by molar-refractivity contribution is 9.10. The SMILES string of the molecule is Nc1cc(Br)c(O)c(C(=O)O)c1. The van der Waals surface area contributed by atoms with Gasteiger partial charge in [-0.25, -0.2) is 4.79 Å². The van der Waals surface area contributed by atoms with Crippen molar-refractivity contribution in [2.75, 3.05) is 5.73 Å². The highest BCUT2D eigenvalue weighted by Crippen LogP contribution is 2.30. The first-order chi connectivity index (χ1) is 5.52. The number of nitrogen functional groups attached to an aromatic ring is 1. The summed E-state index contributed by atoms with van der Waals surface area (Å²) in [6.07, 6.45) is 0. The monoisotopic (exact) mass is 231 g/mol. The lowest BCUT2D eigenvalue weighted by atomic mass is 10.2. The summed E-state index contributed by atoms with van der Waals surface area (Å²) in [4.78, 5) is 10.5. The molecule has 0 aliphatic rings. The summed E-state index contributed by atoms with van der Waals surface area (Å²) >= 11 is 2.97. The molecule has 0 bridgehead atoms. The van der Waals surface area contributed by atoms with Crippen LogP contribution in [0.25, 0.3) is 0 Å². The molecule has 12 heavy (non-hydrogen) atoms. The van der Waals surface area contributed by atoms with Crippen molar-refractivity contribution in [3.8, 4) is 5.75 Å². The molecule has 0 aromatic heterocycles. The minimum absolute atomic E-state index is 0.207. The fraction of sp³-hybridized carbons (Fsp3) is 0. The van der Waals surface area contributed by atoms with Gasteiger partial charge >= 0.3 is 5.97 Å². The largest absolute Gasteiger partial charge is 0.506 e. The number of anilines is 1. The van der Waals surface area contributed by atoms with Gasteiger partial charge in [0.25, 0.3) is 0 Å². The number of aromatic carboxylic acids is 1. The third-order valence-corrected chi connectivity index (χ3v) is 1.92. The van der Waals surface area contributed by atoms with E-state index in [1.165, 1.54) is 12.1 Å². The van der Waals surface area contributed by atoms with Gasteiger partial charge in [-0.1, -0.05) is 0 Å². The Bertz CT molecular complexity index is 338. The highest BCUT2D eigenvalue weighted by atomic mass is 79.9. The molecule has 1 aromatic rings. The van der Waals surface area contributed by atoms with Crippen molar-refractivity contribution in [2.45, 2.75) is 0 Å². The van der Waals surface area contributed by atoms with Gasteiger partial charge in [-0.3, -0.25) is 0 Å². The standard InChI is InChI=1S/C7H6BrNO3/c8-5-2-3(9)1-4(6(5)10)7(11)12/h1-2,10H,9H2,(H,11,12). The Kier molecular flexibility index (Phi) is 2.23. The van der Waals surface area contributed by atoms with E-state index >= 15 is 0 Å². The lowest BCUT2D eigenvalue weighted by Crippen LogP contribution is -1.98. The molecule has 4 N–H and O–H groups in total. The Morgan fingerprint density at radius 3 is 2.58 bits per heavy atom. The van der Waals surface area contributed by atoms with Crippen LogP contribution < -0.4 is 5.73 Å². The second-order valence-electron chi connectivity index (χ2n) is 2.20. The zero-order chi connectivity index (χ0) is 9.30. The molecule has 0 radical (unpaired) electrons. The summed E-state index contributed by atoms with van der Waals surface area (Å²) in [6.45, 7) is 0. The quantitative estimate of drug-likeness (QED) is 0.505. The van der Waals surface area contributed by atoms with Gasteiger partial charge in [-0.2, -0.15) is 0 Å². The number of carboxylic acid groups (broad SMARTS) is 1. The van der Waals surface area contributed by atoms with Crippen LogP contribution in [0.1, 0.15) is 10.4 Å². The molecule has 0 aliphatic carbocycles. The maximum Gasteiger partial charge on any atom is 0.339 e. The molecule has 0 amide bonds. The minimum Gasteiger partial charge on any atom is -0.506 e. The van der Waals surface area contributed by atoms with Crippen LogP contribution in [0.2, 0.25) is 0 Å². The second-order valence-corrected chi connectivity index (χ2v) is 3.06. The molecule has 1 aromatic carbocycles. The van der Waals surface area contributed by atoms with Crippen LogP contribution in [0.15, 0.2) is 16.6 Å². The van der Waals surface area contributed by atoms with Crippen LogP contribution in [0.5, 0.6) is 5.75 Å². The molecule has 0 saturated heterocycles. The molecule has 0 heterocycles. The number of hydrogen-bond acceptors (Lipinski definition) is 3. The number of phenols is 1. The summed E-state index contributed by atoms with van der Waals surface area (Å²) in [5.41, 5.74) is 5.44. The summed E-state index contributed by atoms with van der Waals surface area (Å²) < 4.78 is 0.278. The Labute approximate surface area is 76.8 Å². The Balaban J connectivity index is 3.37. The number of halogens is 1. The Morgan fingerprint density at radius 2 is 2.08 bits per heavy atom. The van der Waals surface area contributed by atoms with Crippen molar-refractivity contribution in [3.05, 3.63) is 22.2 Å². The third-order valence-electron chi connectivity index (χ3n) is 1.32. The van der Waals surface area contributed by atoms with E-state index in [1.807, 2.05) is 0 Å². The fourth-order valence-electron chi connectivity index (χ4n) is 0.783. The van der Waals surface area contributed by atoms with E-state index in [4.69, 9.17) is 10.8 Å². The molecule has 0 unspecified atom stereocenters. The molecule has 0 saturated carbocycles. The van der Waals surface area contributed by atoms with Gasteiger partial charge in [0.15, 0.2) is 0 Å². The van der Waals surface area contributed by atoms with E-state index in [0.717, 1.165) is 0 Å². The van der Waals surface area contributed by atoms with E-state index in [2.05, 4.69) is 15.9 Å². The van der Waals surface area contributed by atoms with E-state index in [-0.39, 0.29) is 21.5 Å². The summed E-state index contributed by atoms with van der Waals surface area (Å²) in [7, 11) is 0. The molecule has 4 nitrogen and oxygen atoms in total. The number of aromatic hydroxyl groups is 1. The molecule has 1 rings (SSSR count). The third kappa shape index (κ3) is 1.50. The van der Waals surface area contributed by atoms with Gasteiger partial charge in [-0.05, 0) is 28.1 Å². The van der Waals surface area contributed by atoms with Gasteiger partial charge in [-0.15, -0.1) is 0 Å². The normalized spacial score (nSPS) is 9.75. The number of rotatable bonds is 1. The van der Waals surface area contributed by atoms with Gasteiger partial charge < -0.3 is 15.9 Å². The maximum absolute atomic E-state index is 10.5. The minimum atomic E-state index is -1.21. The molecule has 0 fully saturated rings. The van der Waals surface area contributed by atoms with Crippen molar-refractivity contribution >= 4 is 27.6 Å². The average Bonchev–Trinajstić information content (AvgIpc) is 1.96. The summed E-state index contributed by atoms with van der Waals surface area (Å²) in [5.74, 6) is -1.52. The van der Waals surface area contributed by atoms with Crippen LogP contribution in [-0.2, 0) is 0 Å². The molecule has 64 valence electrons. The molecule has 0 atom stereocenters. The van der Waals surface area contributed by atoms with Gasteiger partial charge in [0, 0.05) is 5.69 Å². The molecule has 5 heteroatoms. The smallest absolute Gasteiger partial charge is 0.339 e. The van der Waals surface area contributed by atoms with Crippen LogP contribution in [-0.4, -0.2) is 16.2 Å². The first-order valence-corrected chi connectivity index (χ1v) is 3.83. The van der Waals surface area contributed by atoms with E-state index in [0.29, 0.717) is 0 Å². The van der Waals surface area contributed by atoms with E-state index in [9.17, 15) is 9.90 Å². The van der Waals surface area contributed by atoms with Gasteiger partial charge in [0.2, 0.25) is 0 Å². The second kappa shape index (κ2) is 3.02. The lowest BCUT2D eigenvalue weighted by molar-refractivity contribution is 0.0693. The van der Waals surface area contributed by atoms with Crippen molar-refractivity contribution in [1.82, 2.24) is 0 Å². The van der Waals surface area contributed by atoms with Crippen molar-refractivity contribution in [3.63, 3.8) is 0 Å². The lowest BCUT2D eigenvalue weighted by Gasteiger charge is -2.02. The van der Waals surface area contributed by atoms with Crippen LogP contribution in [0.4, 0.5) is 5.69 Å². The molecule has 0 spiro atoms. The predicted molar refractivity (Wildman–Crippen MR) is 47.2 cm³/mol. The molecular formula is C7H6BrNO3. The topological polar surface area (TPSA) is 83.5 Å². The highest BCUT2D eigenvalue weighted by Gasteiger charge is 2.12. The zero-order valence-electron chi connectivity index (χ0n) is 5.91. The number of nitrogens with two attached hydrogens (primary N) is 1. The Morgan fingerprint density at radius 1 is 1.50 bits per heavy atom. The molecular weight excluding hydrogens is 226 g/mol. The van der Waals surface area contributed by atoms with Crippen LogP contribution in [0.3, 0.4) is 0 Å². The van der Waals surface area contributed by atoms with Gasteiger partial charge in [0.05, 0.1) is 4.47 Å². The van der Waals surface area contributed by atoms with Crippen LogP contribution >= 0.6 is 15.9 Å². The Hall–Kier alpha value is -1.23. The predicted octanol–water partition coefficient (Wildman–Crippen LogP) is 1.44. The summed E-state index contributed by atoms with van der Waals surface area (Å²) in [6, 6.07) is 2.63. The number of carbonyl (C=O) groups is 1. The van der Waals surface area contributed by atoms with Crippen molar-refractivity contribution < 1.29 is 15.0 Å². The van der Waals surface area contributed by atoms with Gasteiger partial charge in [0.1, 0.15) is 11.3 Å². The maximum atomic E-state index is 10.5. The summed E-state index contributed by atoms with van der Waals surface area (Å²) in [5, 5.41) is 17.8. The van der Waals surface area contributed by atoms with E-state index < -0.39 is 5.97 Å². The van der Waals surface area contributed by atoms with Crippen LogP contribution in [0, 0.1) is 0 Å².